The summed E-state index contributed by atoms with van der Waals surface area (Å²) in [6, 6.07) is 8.86. The minimum absolute atomic E-state index is 0.153. The first-order chi connectivity index (χ1) is 19.5. The second-order valence-corrected chi connectivity index (χ2v) is 15.1. The van der Waals surface area contributed by atoms with Crippen LogP contribution in [0.1, 0.15) is 73.7 Å². The van der Waals surface area contributed by atoms with Gasteiger partial charge >= 0.3 is 0 Å². The van der Waals surface area contributed by atoms with Gasteiger partial charge in [-0.05, 0) is 74.4 Å². The molecule has 0 radical (unpaired) electrons. The van der Waals surface area contributed by atoms with Gasteiger partial charge in [0, 0.05) is 37.2 Å². The molecule has 0 spiro atoms. The number of furan rings is 1. The molecule has 222 valence electrons. The number of benzene rings is 2. The van der Waals surface area contributed by atoms with E-state index >= 15 is 0 Å². The van der Waals surface area contributed by atoms with E-state index in [4.69, 9.17) is 4.42 Å². The van der Waals surface area contributed by atoms with Crippen LogP contribution in [0.5, 0.6) is 0 Å². The Balaban J connectivity index is 1.63. The van der Waals surface area contributed by atoms with Gasteiger partial charge < -0.3 is 9.73 Å². The van der Waals surface area contributed by atoms with E-state index in [1.807, 2.05) is 0 Å². The van der Waals surface area contributed by atoms with Crippen molar-refractivity contribution in [1.82, 2.24) is 9.62 Å². The number of rotatable bonds is 8. The fourth-order valence-electron chi connectivity index (χ4n) is 5.98. The van der Waals surface area contributed by atoms with Crippen LogP contribution < -0.4 is 10.0 Å². The average Bonchev–Trinajstić information content (AvgIpc) is 3.35. The molecule has 0 bridgehead atoms. The van der Waals surface area contributed by atoms with Crippen molar-refractivity contribution >= 4 is 42.6 Å². The van der Waals surface area contributed by atoms with Gasteiger partial charge in [0.15, 0.2) is 0 Å². The van der Waals surface area contributed by atoms with E-state index in [0.29, 0.717) is 54.4 Å². The predicted octanol–water partition coefficient (Wildman–Crippen LogP) is 5.20. The summed E-state index contributed by atoms with van der Waals surface area (Å²) in [6.07, 6.45) is 5.46. The molecule has 2 aromatic carbocycles. The number of hydrogen-bond acceptors (Lipinski definition) is 6. The fourth-order valence-corrected chi connectivity index (χ4v) is 8.76. The van der Waals surface area contributed by atoms with Crippen LogP contribution in [0.15, 0.2) is 40.8 Å². The molecule has 12 heteroatoms. The van der Waals surface area contributed by atoms with Crippen LogP contribution in [-0.4, -0.2) is 58.2 Å². The monoisotopic (exact) mass is 605 g/mol. The van der Waals surface area contributed by atoms with E-state index < -0.39 is 31.8 Å². The van der Waals surface area contributed by atoms with Crippen LogP contribution in [-0.2, 0) is 20.0 Å². The summed E-state index contributed by atoms with van der Waals surface area (Å²) in [5.41, 5.74) is 1.91. The molecular formula is C29H36FN3O6S2. The van der Waals surface area contributed by atoms with Gasteiger partial charge in [0.2, 0.25) is 20.0 Å². The Morgan fingerprint density at radius 2 is 1.73 bits per heavy atom. The van der Waals surface area contributed by atoms with Crippen molar-refractivity contribution in [2.75, 3.05) is 30.6 Å². The normalized spacial score (nSPS) is 19.3. The van der Waals surface area contributed by atoms with Crippen molar-refractivity contribution in [1.29, 1.82) is 0 Å². The molecule has 1 saturated heterocycles. The number of nitrogens with one attached hydrogen (secondary N) is 2. The van der Waals surface area contributed by atoms with Crippen LogP contribution in [0.2, 0.25) is 0 Å². The van der Waals surface area contributed by atoms with Crippen LogP contribution in [0, 0.1) is 5.82 Å². The summed E-state index contributed by atoms with van der Waals surface area (Å²) in [5.74, 6) is -1.08. The molecule has 1 atom stereocenters. The Morgan fingerprint density at radius 3 is 2.39 bits per heavy atom. The number of anilines is 1. The molecule has 41 heavy (non-hydrogen) atoms. The zero-order chi connectivity index (χ0) is 29.4. The number of amides is 1. The molecule has 1 aliphatic heterocycles. The molecule has 1 amide bonds. The largest absolute Gasteiger partial charge is 0.455 e. The smallest absolute Gasteiger partial charge is 0.255 e. The Kier molecular flexibility index (Phi) is 8.45. The average molecular weight is 606 g/mol. The Hall–Kier alpha value is -2.96. The summed E-state index contributed by atoms with van der Waals surface area (Å²) < 4.78 is 76.5. The van der Waals surface area contributed by atoms with E-state index in [-0.39, 0.29) is 40.4 Å². The van der Waals surface area contributed by atoms with E-state index in [9.17, 15) is 26.0 Å². The molecular weight excluding hydrogens is 569 g/mol. The number of hydrogen-bond donors (Lipinski definition) is 2. The highest BCUT2D eigenvalue weighted by molar-refractivity contribution is 7.92. The van der Waals surface area contributed by atoms with Gasteiger partial charge in [-0.25, -0.2) is 25.5 Å². The van der Waals surface area contributed by atoms with Gasteiger partial charge in [-0.1, -0.05) is 19.3 Å². The SMILES string of the molecule is CCS(=O)(=O)Nc1cc2oc(-c3ccc(F)cc3)c(C(=O)NC)c2cc1[C@H]1CCCN(S(=O)(=O)C2CCCCC2)C1. The Bertz CT molecular complexity index is 1650. The van der Waals surface area contributed by atoms with Crippen molar-refractivity contribution in [3.8, 4) is 11.3 Å². The number of nitrogens with zero attached hydrogens (tertiary/aromatic N) is 1. The summed E-state index contributed by atoms with van der Waals surface area (Å²) in [4.78, 5) is 13.1. The van der Waals surface area contributed by atoms with E-state index in [0.717, 1.165) is 19.3 Å². The zero-order valence-electron chi connectivity index (χ0n) is 23.3. The molecule has 2 aliphatic rings. The molecule has 3 aromatic rings. The lowest BCUT2D eigenvalue weighted by molar-refractivity contribution is 0.0964. The van der Waals surface area contributed by atoms with Crippen LogP contribution in [0.4, 0.5) is 10.1 Å². The predicted molar refractivity (Wildman–Crippen MR) is 157 cm³/mol. The molecule has 2 N–H and O–H groups in total. The Labute approximate surface area is 240 Å². The first-order valence-corrected chi connectivity index (χ1v) is 17.3. The molecule has 9 nitrogen and oxygen atoms in total. The van der Waals surface area contributed by atoms with Crippen molar-refractivity contribution in [3.05, 3.63) is 53.3 Å². The van der Waals surface area contributed by atoms with Crippen molar-refractivity contribution in [2.24, 2.45) is 0 Å². The topological polar surface area (TPSA) is 126 Å². The molecule has 0 unspecified atom stereocenters. The van der Waals surface area contributed by atoms with Gasteiger partial charge in [-0.3, -0.25) is 9.52 Å². The molecule has 1 aromatic heterocycles. The minimum atomic E-state index is -3.69. The number of piperidine rings is 1. The number of fused-ring (bicyclic) bond motifs is 1. The van der Waals surface area contributed by atoms with E-state index in [1.165, 1.54) is 38.2 Å². The second kappa shape index (κ2) is 11.7. The van der Waals surface area contributed by atoms with Crippen molar-refractivity contribution in [3.63, 3.8) is 0 Å². The molecule has 5 rings (SSSR count). The lowest BCUT2D eigenvalue weighted by Crippen LogP contribution is -2.44. The van der Waals surface area contributed by atoms with Gasteiger partial charge in [-0.2, -0.15) is 0 Å². The third-order valence-electron chi connectivity index (χ3n) is 8.22. The molecule has 2 heterocycles. The van der Waals surface area contributed by atoms with E-state index in [2.05, 4.69) is 10.0 Å². The highest BCUT2D eigenvalue weighted by atomic mass is 32.2. The maximum Gasteiger partial charge on any atom is 0.255 e. The van der Waals surface area contributed by atoms with E-state index in [1.54, 1.807) is 16.4 Å². The fraction of sp³-hybridized carbons (Fsp3) is 0.483. The second-order valence-electron chi connectivity index (χ2n) is 10.8. The number of halogens is 1. The van der Waals surface area contributed by atoms with Gasteiger partial charge in [0.25, 0.3) is 5.91 Å². The highest BCUT2D eigenvalue weighted by Crippen LogP contribution is 2.41. The van der Waals surface area contributed by atoms with Crippen LogP contribution >= 0.6 is 0 Å². The standard InChI is InChI=1S/C29H36FN3O6S2/c1-3-40(35,36)32-25-17-26-24(27(29(34)31-2)28(39-26)19-11-13-21(30)14-12-19)16-23(25)20-8-7-15-33(18-20)41(37,38)22-9-5-4-6-10-22/h11-14,16-17,20,22,32H,3-10,15,18H2,1-2H3,(H,31,34)/t20-/m0/s1. The summed E-state index contributed by atoms with van der Waals surface area (Å²) in [6.45, 7) is 2.18. The number of carbonyl (C=O) groups is 1. The minimum Gasteiger partial charge on any atom is -0.455 e. The molecule has 1 saturated carbocycles. The number of carbonyl (C=O) groups excluding carboxylic acids is 1. The van der Waals surface area contributed by atoms with Crippen LogP contribution in [0.3, 0.4) is 0 Å². The maximum absolute atomic E-state index is 13.6. The van der Waals surface area contributed by atoms with Gasteiger partial charge in [-0.15, -0.1) is 0 Å². The Morgan fingerprint density at radius 1 is 1.02 bits per heavy atom. The first-order valence-electron chi connectivity index (χ1n) is 14.1. The summed E-state index contributed by atoms with van der Waals surface area (Å²) in [7, 11) is -5.69. The lowest BCUT2D eigenvalue weighted by Gasteiger charge is -2.36. The zero-order valence-corrected chi connectivity index (χ0v) is 24.9. The summed E-state index contributed by atoms with van der Waals surface area (Å²) in [5, 5.41) is 2.71. The quantitative estimate of drug-likeness (QED) is 0.364. The van der Waals surface area contributed by atoms with Crippen LogP contribution in [0.25, 0.3) is 22.3 Å². The third-order valence-corrected chi connectivity index (χ3v) is 11.9. The van der Waals surface area contributed by atoms with Gasteiger partial charge in [0.1, 0.15) is 17.2 Å². The highest BCUT2D eigenvalue weighted by Gasteiger charge is 2.37. The third kappa shape index (κ3) is 6.00. The molecule has 1 aliphatic carbocycles. The summed E-state index contributed by atoms with van der Waals surface area (Å²) >= 11 is 0. The molecule has 2 fully saturated rings. The van der Waals surface area contributed by atoms with Crippen molar-refractivity contribution < 1.29 is 30.4 Å². The maximum atomic E-state index is 13.6. The first kappa shape index (κ1) is 29.5. The number of sulfonamides is 2. The van der Waals surface area contributed by atoms with Gasteiger partial charge in [0.05, 0.1) is 22.3 Å². The van der Waals surface area contributed by atoms with Crippen molar-refractivity contribution in [2.45, 2.75) is 63.0 Å². The lowest BCUT2D eigenvalue weighted by atomic mass is 9.89.